The number of carbonyl (C=O) groups is 1. The van der Waals surface area contributed by atoms with Crippen molar-refractivity contribution in [3.8, 4) is 0 Å². The molecule has 1 aromatic carbocycles. The molecule has 2 unspecified atom stereocenters. The van der Waals surface area contributed by atoms with E-state index in [-0.39, 0.29) is 17.6 Å². The fraction of sp³-hybridized carbons (Fsp3) is 0.533. The number of piperidine rings is 1. The third-order valence-corrected chi connectivity index (χ3v) is 3.65. The second-order valence-electron chi connectivity index (χ2n) is 5.23. The van der Waals surface area contributed by atoms with Crippen LogP contribution in [-0.4, -0.2) is 25.5 Å². The van der Waals surface area contributed by atoms with Crippen molar-refractivity contribution in [3.05, 3.63) is 30.1 Å². The van der Waals surface area contributed by atoms with E-state index in [9.17, 15) is 9.18 Å². The lowest BCUT2D eigenvalue weighted by atomic mass is 9.90. The maximum Gasteiger partial charge on any atom is 0.231 e. The average molecular weight is 264 g/mol. The summed E-state index contributed by atoms with van der Waals surface area (Å²) in [7, 11) is 0. The van der Waals surface area contributed by atoms with E-state index in [0.717, 1.165) is 13.0 Å². The molecule has 0 bridgehead atoms. The molecule has 0 saturated carbocycles. The quantitative estimate of drug-likeness (QED) is 0.909. The van der Waals surface area contributed by atoms with Crippen LogP contribution in [0.4, 0.5) is 10.1 Å². The van der Waals surface area contributed by atoms with Crippen LogP contribution >= 0.6 is 0 Å². The topological polar surface area (TPSA) is 32.3 Å². The molecule has 1 aliphatic heterocycles. The van der Waals surface area contributed by atoms with Crippen molar-refractivity contribution < 1.29 is 9.18 Å². The number of nitrogens with zero attached hydrogens (tertiary/aromatic N) is 1. The number of hydrogen-bond donors (Lipinski definition) is 1. The number of amides is 1. The normalized spacial score (nSPS) is 23.1. The Labute approximate surface area is 113 Å². The molecule has 1 fully saturated rings. The number of para-hydroxylation sites is 1. The van der Waals surface area contributed by atoms with Crippen molar-refractivity contribution in [2.45, 2.75) is 20.3 Å². The minimum atomic E-state index is -0.338. The Hall–Kier alpha value is -1.42. The molecule has 104 valence electrons. The fourth-order valence-corrected chi connectivity index (χ4v) is 2.68. The highest BCUT2D eigenvalue weighted by molar-refractivity contribution is 5.95. The highest BCUT2D eigenvalue weighted by Crippen LogP contribution is 2.24. The van der Waals surface area contributed by atoms with Crippen LogP contribution in [0.2, 0.25) is 0 Å². The molecular formula is C15H21FN2O. The summed E-state index contributed by atoms with van der Waals surface area (Å²) in [5.74, 6) is 0.117. The van der Waals surface area contributed by atoms with E-state index in [1.165, 1.54) is 6.07 Å². The highest BCUT2D eigenvalue weighted by Gasteiger charge is 2.29. The second-order valence-corrected chi connectivity index (χ2v) is 5.23. The van der Waals surface area contributed by atoms with Crippen molar-refractivity contribution in [2.75, 3.05) is 24.5 Å². The van der Waals surface area contributed by atoms with Crippen molar-refractivity contribution in [1.29, 1.82) is 0 Å². The van der Waals surface area contributed by atoms with Gasteiger partial charge in [-0.3, -0.25) is 4.79 Å². The molecule has 1 heterocycles. The number of nitrogens with one attached hydrogen (secondary N) is 1. The first-order chi connectivity index (χ1) is 9.13. The lowest BCUT2D eigenvalue weighted by molar-refractivity contribution is -0.123. The third kappa shape index (κ3) is 3.13. The number of halogens is 1. The van der Waals surface area contributed by atoms with Crippen LogP contribution in [0.1, 0.15) is 20.3 Å². The summed E-state index contributed by atoms with van der Waals surface area (Å²) in [4.78, 5) is 14.1. The number of hydrogen-bond acceptors (Lipinski definition) is 2. The third-order valence-electron chi connectivity index (χ3n) is 3.65. The number of benzene rings is 1. The predicted molar refractivity (Wildman–Crippen MR) is 74.6 cm³/mol. The minimum absolute atomic E-state index is 0.0200. The van der Waals surface area contributed by atoms with Gasteiger partial charge in [0.25, 0.3) is 0 Å². The van der Waals surface area contributed by atoms with Gasteiger partial charge in [0.1, 0.15) is 5.82 Å². The van der Waals surface area contributed by atoms with Gasteiger partial charge in [-0.15, -0.1) is 0 Å². The van der Waals surface area contributed by atoms with E-state index < -0.39 is 0 Å². The molecule has 19 heavy (non-hydrogen) atoms. The summed E-state index contributed by atoms with van der Waals surface area (Å²) in [5.41, 5.74) is 0.383. The zero-order chi connectivity index (χ0) is 13.8. The monoisotopic (exact) mass is 264 g/mol. The van der Waals surface area contributed by atoms with Gasteiger partial charge in [-0.05, 0) is 37.9 Å². The largest absolute Gasteiger partial charge is 0.316 e. The average Bonchev–Trinajstić information content (AvgIpc) is 2.41. The van der Waals surface area contributed by atoms with Crippen molar-refractivity contribution in [3.63, 3.8) is 0 Å². The van der Waals surface area contributed by atoms with Crippen LogP contribution in [0.25, 0.3) is 0 Å². The molecule has 0 aromatic heterocycles. The van der Waals surface area contributed by atoms with E-state index in [2.05, 4.69) is 12.2 Å². The minimum Gasteiger partial charge on any atom is -0.316 e. The van der Waals surface area contributed by atoms with Crippen LogP contribution in [0.3, 0.4) is 0 Å². The van der Waals surface area contributed by atoms with Crippen LogP contribution in [0.5, 0.6) is 0 Å². The van der Waals surface area contributed by atoms with Crippen molar-refractivity contribution >= 4 is 11.6 Å². The summed E-state index contributed by atoms with van der Waals surface area (Å²) in [6, 6.07) is 6.46. The first kappa shape index (κ1) is 14.0. The Morgan fingerprint density at radius 1 is 1.42 bits per heavy atom. The van der Waals surface area contributed by atoms with Crippen LogP contribution in [-0.2, 0) is 4.79 Å². The molecule has 4 heteroatoms. The Balaban J connectivity index is 2.17. The summed E-state index contributed by atoms with van der Waals surface area (Å²) in [6.07, 6.45) is 0.872. The molecule has 1 amide bonds. The summed E-state index contributed by atoms with van der Waals surface area (Å²) >= 11 is 0. The summed E-state index contributed by atoms with van der Waals surface area (Å²) in [5, 5.41) is 3.27. The lowest BCUT2D eigenvalue weighted by Gasteiger charge is -2.31. The Bertz CT molecular complexity index is 450. The molecule has 2 atom stereocenters. The smallest absolute Gasteiger partial charge is 0.231 e. The van der Waals surface area contributed by atoms with Gasteiger partial charge in [-0.2, -0.15) is 0 Å². The first-order valence-corrected chi connectivity index (χ1v) is 6.90. The van der Waals surface area contributed by atoms with Crippen molar-refractivity contribution in [2.24, 2.45) is 11.8 Å². The van der Waals surface area contributed by atoms with E-state index in [1.54, 1.807) is 23.1 Å². The number of rotatable bonds is 3. The number of carbonyl (C=O) groups excluding carboxylic acids is 1. The van der Waals surface area contributed by atoms with Gasteiger partial charge in [0.05, 0.1) is 11.6 Å². The Morgan fingerprint density at radius 2 is 2.16 bits per heavy atom. The fourth-order valence-electron chi connectivity index (χ4n) is 2.68. The molecule has 0 radical (unpaired) electrons. The van der Waals surface area contributed by atoms with Gasteiger partial charge in [-0.1, -0.05) is 19.1 Å². The van der Waals surface area contributed by atoms with E-state index in [0.29, 0.717) is 24.7 Å². The standard InChI is InChI=1S/C15H21FN2O/c1-3-18(14-7-5-4-6-13(14)16)15(19)12-8-11(2)9-17-10-12/h4-7,11-12,17H,3,8-10H2,1-2H3. The van der Waals surface area contributed by atoms with Crippen LogP contribution < -0.4 is 10.2 Å². The van der Waals surface area contributed by atoms with Gasteiger partial charge < -0.3 is 10.2 Å². The molecule has 3 nitrogen and oxygen atoms in total. The number of anilines is 1. The molecular weight excluding hydrogens is 243 g/mol. The maximum absolute atomic E-state index is 13.8. The van der Waals surface area contributed by atoms with Gasteiger partial charge in [0, 0.05) is 13.1 Å². The molecule has 0 spiro atoms. The van der Waals surface area contributed by atoms with Crippen LogP contribution in [0, 0.1) is 17.7 Å². The molecule has 0 aliphatic carbocycles. The van der Waals surface area contributed by atoms with Gasteiger partial charge in [0.2, 0.25) is 5.91 Å². The van der Waals surface area contributed by atoms with E-state index in [1.807, 2.05) is 6.92 Å². The zero-order valence-electron chi connectivity index (χ0n) is 11.5. The summed E-state index contributed by atoms with van der Waals surface area (Å²) < 4.78 is 13.8. The lowest BCUT2D eigenvalue weighted by Crippen LogP contribution is -2.45. The first-order valence-electron chi connectivity index (χ1n) is 6.90. The predicted octanol–water partition coefficient (Wildman–Crippen LogP) is 2.42. The SMILES string of the molecule is CCN(C(=O)C1CNCC(C)C1)c1ccccc1F. The molecule has 1 aliphatic rings. The maximum atomic E-state index is 13.8. The summed E-state index contributed by atoms with van der Waals surface area (Å²) in [6.45, 7) is 6.14. The zero-order valence-corrected chi connectivity index (χ0v) is 11.5. The van der Waals surface area contributed by atoms with Gasteiger partial charge in [0.15, 0.2) is 0 Å². The molecule has 1 N–H and O–H groups in total. The van der Waals surface area contributed by atoms with Crippen molar-refractivity contribution in [1.82, 2.24) is 5.32 Å². The molecule has 1 saturated heterocycles. The van der Waals surface area contributed by atoms with Gasteiger partial charge >= 0.3 is 0 Å². The van der Waals surface area contributed by atoms with Crippen LogP contribution in [0.15, 0.2) is 24.3 Å². The molecule has 2 rings (SSSR count). The van der Waals surface area contributed by atoms with E-state index in [4.69, 9.17) is 0 Å². The van der Waals surface area contributed by atoms with E-state index >= 15 is 0 Å². The van der Waals surface area contributed by atoms with Gasteiger partial charge in [-0.25, -0.2) is 4.39 Å². The Kier molecular flexibility index (Phi) is 4.53. The highest BCUT2D eigenvalue weighted by atomic mass is 19.1. The molecule has 1 aromatic rings. The Morgan fingerprint density at radius 3 is 2.79 bits per heavy atom. The second kappa shape index (κ2) is 6.15.